The van der Waals surface area contributed by atoms with Crippen molar-refractivity contribution in [3.63, 3.8) is 0 Å². The Labute approximate surface area is 196 Å². The minimum atomic E-state index is -0.451. The van der Waals surface area contributed by atoms with E-state index in [1.807, 2.05) is 49.4 Å². The molecule has 0 saturated heterocycles. The lowest BCUT2D eigenvalue weighted by Crippen LogP contribution is -2.25. The third-order valence-corrected chi connectivity index (χ3v) is 5.28. The first-order valence-corrected chi connectivity index (χ1v) is 10.7. The van der Waals surface area contributed by atoms with Gasteiger partial charge in [-0.25, -0.2) is 10.4 Å². The molecule has 0 aliphatic rings. The van der Waals surface area contributed by atoms with Gasteiger partial charge in [-0.2, -0.15) is 5.10 Å². The molecular weight excluding hydrogens is 432 g/mol. The quantitative estimate of drug-likeness (QED) is 0.339. The third kappa shape index (κ3) is 4.66. The summed E-state index contributed by atoms with van der Waals surface area (Å²) in [4.78, 5) is 30.1. The van der Waals surface area contributed by atoms with Crippen molar-refractivity contribution in [3.05, 3.63) is 94.0 Å². The molecule has 4 aromatic rings. The van der Waals surface area contributed by atoms with Crippen LogP contribution in [0.25, 0.3) is 16.6 Å². The number of carbonyl (C=O) groups excluding carboxylic acids is 1. The molecule has 0 atom stereocenters. The van der Waals surface area contributed by atoms with Gasteiger partial charge in [0.25, 0.3) is 11.5 Å². The second kappa shape index (κ2) is 9.99. The molecule has 0 unspecified atom stereocenters. The van der Waals surface area contributed by atoms with Gasteiger partial charge in [0, 0.05) is 5.56 Å². The van der Waals surface area contributed by atoms with Crippen LogP contribution in [-0.2, 0) is 4.79 Å². The Morgan fingerprint density at radius 1 is 1.03 bits per heavy atom. The molecule has 34 heavy (non-hydrogen) atoms. The number of hydrazone groups is 1. The van der Waals surface area contributed by atoms with Gasteiger partial charge in [0.1, 0.15) is 22.8 Å². The van der Waals surface area contributed by atoms with E-state index in [4.69, 9.17) is 9.47 Å². The van der Waals surface area contributed by atoms with Crippen LogP contribution in [0.4, 0.5) is 0 Å². The summed E-state index contributed by atoms with van der Waals surface area (Å²) in [6.45, 7) is 3.42. The van der Waals surface area contributed by atoms with Crippen molar-refractivity contribution < 1.29 is 14.3 Å². The number of ether oxygens (including phenoxy) is 2. The second-order valence-corrected chi connectivity index (χ2v) is 7.56. The summed E-state index contributed by atoms with van der Waals surface area (Å²) < 4.78 is 12.5. The number of carbonyl (C=O) groups is 1. The van der Waals surface area contributed by atoms with Gasteiger partial charge in [-0.1, -0.05) is 36.4 Å². The zero-order valence-electron chi connectivity index (χ0n) is 19.1. The lowest BCUT2D eigenvalue weighted by atomic mass is 10.1. The Balaban J connectivity index is 1.53. The number of fused-ring (bicyclic) bond motifs is 1. The van der Waals surface area contributed by atoms with Gasteiger partial charge >= 0.3 is 0 Å². The molecule has 3 aromatic carbocycles. The van der Waals surface area contributed by atoms with E-state index < -0.39 is 5.91 Å². The number of rotatable bonds is 7. The van der Waals surface area contributed by atoms with Crippen LogP contribution in [0.1, 0.15) is 17.0 Å². The molecule has 0 spiro atoms. The number of para-hydroxylation sites is 3. The fourth-order valence-electron chi connectivity index (χ4n) is 3.63. The van der Waals surface area contributed by atoms with Crippen molar-refractivity contribution in [1.29, 1.82) is 0 Å². The van der Waals surface area contributed by atoms with Crippen molar-refractivity contribution in [2.45, 2.75) is 13.8 Å². The molecule has 1 aromatic heterocycles. The summed E-state index contributed by atoms with van der Waals surface area (Å²) in [5.74, 6) is 1.06. The normalized spacial score (nSPS) is 11.0. The highest BCUT2D eigenvalue weighted by molar-refractivity contribution is 5.86. The Morgan fingerprint density at radius 3 is 2.56 bits per heavy atom. The summed E-state index contributed by atoms with van der Waals surface area (Å²) in [5, 5.41) is 4.36. The van der Waals surface area contributed by atoms with Crippen molar-refractivity contribution in [1.82, 2.24) is 15.0 Å². The number of benzene rings is 3. The van der Waals surface area contributed by atoms with E-state index in [9.17, 15) is 9.59 Å². The highest BCUT2D eigenvalue weighted by atomic mass is 16.5. The lowest BCUT2D eigenvalue weighted by Gasteiger charge is -2.14. The van der Waals surface area contributed by atoms with Crippen LogP contribution in [0, 0.1) is 13.8 Å². The van der Waals surface area contributed by atoms with Gasteiger partial charge in [-0.3, -0.25) is 14.2 Å². The molecule has 172 valence electrons. The van der Waals surface area contributed by atoms with Crippen molar-refractivity contribution in [3.8, 4) is 17.2 Å². The first kappa shape index (κ1) is 22.7. The number of hydrogen-bond acceptors (Lipinski definition) is 6. The van der Waals surface area contributed by atoms with E-state index >= 15 is 0 Å². The van der Waals surface area contributed by atoms with Gasteiger partial charge in [0.15, 0.2) is 6.61 Å². The highest BCUT2D eigenvalue weighted by Crippen LogP contribution is 2.23. The molecular formula is C26H24N4O4. The first-order valence-electron chi connectivity index (χ1n) is 10.7. The predicted octanol–water partition coefficient (Wildman–Crippen LogP) is 3.54. The van der Waals surface area contributed by atoms with Crippen molar-refractivity contribution in [2.75, 3.05) is 13.7 Å². The van der Waals surface area contributed by atoms with Crippen LogP contribution < -0.4 is 20.5 Å². The average Bonchev–Trinajstić information content (AvgIpc) is 2.84. The van der Waals surface area contributed by atoms with Gasteiger partial charge in [-0.05, 0) is 49.7 Å². The smallest absolute Gasteiger partial charge is 0.277 e. The summed E-state index contributed by atoms with van der Waals surface area (Å²) in [7, 11) is 1.56. The number of aromatic nitrogens is 2. The third-order valence-electron chi connectivity index (χ3n) is 5.28. The molecule has 0 aliphatic carbocycles. The van der Waals surface area contributed by atoms with Gasteiger partial charge in [0.05, 0.1) is 24.4 Å². The van der Waals surface area contributed by atoms with E-state index in [0.717, 1.165) is 16.8 Å². The number of amides is 1. The molecule has 0 aliphatic heterocycles. The molecule has 0 radical (unpaired) electrons. The van der Waals surface area contributed by atoms with E-state index in [0.29, 0.717) is 28.2 Å². The maximum Gasteiger partial charge on any atom is 0.277 e. The first-order chi connectivity index (χ1) is 16.5. The zero-order chi connectivity index (χ0) is 24.1. The zero-order valence-corrected chi connectivity index (χ0v) is 19.1. The summed E-state index contributed by atoms with van der Waals surface area (Å²) in [6, 6.07) is 20.0. The fraction of sp³-hybridized carbons (Fsp3) is 0.154. The summed E-state index contributed by atoms with van der Waals surface area (Å²) in [5.41, 5.74) is 5.09. The maximum absolute atomic E-state index is 13.3. The van der Waals surface area contributed by atoms with Crippen molar-refractivity contribution >= 4 is 23.0 Å². The minimum absolute atomic E-state index is 0.201. The molecule has 8 nitrogen and oxygen atoms in total. The molecule has 1 heterocycles. The monoisotopic (exact) mass is 456 g/mol. The van der Waals surface area contributed by atoms with Gasteiger partial charge in [-0.15, -0.1) is 0 Å². The Bertz CT molecular complexity index is 1440. The second-order valence-electron chi connectivity index (χ2n) is 7.56. The molecule has 1 amide bonds. The maximum atomic E-state index is 13.3. The largest absolute Gasteiger partial charge is 0.496 e. The number of hydrogen-bond donors (Lipinski definition) is 1. The fourth-order valence-corrected chi connectivity index (χ4v) is 3.63. The minimum Gasteiger partial charge on any atom is -0.496 e. The van der Waals surface area contributed by atoms with Crippen LogP contribution >= 0.6 is 0 Å². The molecule has 0 saturated carbocycles. The van der Waals surface area contributed by atoms with E-state index in [1.165, 1.54) is 6.21 Å². The topological polar surface area (TPSA) is 94.8 Å². The van der Waals surface area contributed by atoms with Gasteiger partial charge < -0.3 is 9.47 Å². The standard InChI is InChI=1S/C26H24N4O4/c1-17-9-4-6-12-21(17)30-18(2)28-25-20(26(30)32)11-8-14-23(25)34-16-24(31)29-27-15-19-10-5-7-13-22(19)33-3/h4-15H,16H2,1-3H3,(H,29,31)/b27-15-. The lowest BCUT2D eigenvalue weighted by molar-refractivity contribution is -0.123. The van der Waals surface area contributed by atoms with Crippen LogP contribution in [0.2, 0.25) is 0 Å². The van der Waals surface area contributed by atoms with Gasteiger partial charge in [0.2, 0.25) is 0 Å². The number of methoxy groups -OCH3 is 1. The van der Waals surface area contributed by atoms with E-state index in [2.05, 4.69) is 15.5 Å². The average molecular weight is 457 g/mol. The Hall–Kier alpha value is -4.46. The van der Waals surface area contributed by atoms with E-state index in [1.54, 1.807) is 42.9 Å². The molecule has 8 heteroatoms. The SMILES string of the molecule is COc1ccccc1/C=N\NC(=O)COc1cccc2c(=O)n(-c3ccccc3C)c(C)nc12. The number of aryl methyl sites for hydroxylation is 2. The predicted molar refractivity (Wildman–Crippen MR) is 131 cm³/mol. The van der Waals surface area contributed by atoms with Crippen LogP contribution in [0.5, 0.6) is 11.5 Å². The molecule has 0 fully saturated rings. The number of nitrogens with one attached hydrogen (secondary N) is 1. The molecule has 1 N–H and O–H groups in total. The Kier molecular flexibility index (Phi) is 6.68. The van der Waals surface area contributed by atoms with Crippen LogP contribution in [-0.4, -0.2) is 35.4 Å². The Morgan fingerprint density at radius 2 is 1.76 bits per heavy atom. The van der Waals surface area contributed by atoms with Crippen molar-refractivity contribution in [2.24, 2.45) is 5.10 Å². The molecule has 0 bridgehead atoms. The van der Waals surface area contributed by atoms with Crippen LogP contribution in [0.3, 0.4) is 0 Å². The summed E-state index contributed by atoms with van der Waals surface area (Å²) >= 11 is 0. The molecule has 4 rings (SSSR count). The highest BCUT2D eigenvalue weighted by Gasteiger charge is 2.15. The number of nitrogens with zero attached hydrogens (tertiary/aromatic N) is 3. The van der Waals surface area contributed by atoms with Crippen LogP contribution in [0.15, 0.2) is 76.6 Å². The summed E-state index contributed by atoms with van der Waals surface area (Å²) in [6.07, 6.45) is 1.49. The van der Waals surface area contributed by atoms with E-state index in [-0.39, 0.29) is 12.2 Å².